The number of nitrogens with zero attached hydrogens (tertiary/aromatic N) is 3. The van der Waals surface area contributed by atoms with Crippen LogP contribution in [0.15, 0.2) is 60.8 Å². The normalized spacial score (nSPS) is 16.4. The summed E-state index contributed by atoms with van der Waals surface area (Å²) < 4.78 is 11.6. The predicted octanol–water partition coefficient (Wildman–Crippen LogP) is 5.42. The van der Waals surface area contributed by atoms with Crippen LogP contribution in [-0.2, 0) is 16.8 Å². The zero-order valence-corrected chi connectivity index (χ0v) is 23.6. The lowest BCUT2D eigenvalue weighted by Gasteiger charge is -2.56. The SMILES string of the molecule is CC(C)c1ccc([C@](O)(c2cnnc(Oc3ccccc3CCO)c2)C2(C)CN(C(=O)OC(C)(C)C)C2)cc1. The molecule has 0 unspecified atom stereocenters. The maximum absolute atomic E-state index is 12.8. The van der Waals surface area contributed by atoms with Gasteiger partial charge < -0.3 is 24.6 Å². The van der Waals surface area contributed by atoms with Gasteiger partial charge in [0.25, 0.3) is 0 Å². The van der Waals surface area contributed by atoms with Crippen molar-refractivity contribution in [3.8, 4) is 11.6 Å². The van der Waals surface area contributed by atoms with E-state index in [1.807, 2.05) is 76.2 Å². The van der Waals surface area contributed by atoms with Crippen LogP contribution in [0, 0.1) is 5.41 Å². The summed E-state index contributed by atoms with van der Waals surface area (Å²) in [5.41, 5.74) is 0.351. The fourth-order valence-electron chi connectivity index (χ4n) is 5.09. The van der Waals surface area contributed by atoms with Gasteiger partial charge in [-0.25, -0.2) is 4.79 Å². The highest BCUT2D eigenvalue weighted by Crippen LogP contribution is 2.51. The molecular weight excluding hydrogens is 494 g/mol. The summed E-state index contributed by atoms with van der Waals surface area (Å²) in [5, 5.41) is 30.4. The van der Waals surface area contributed by atoms with Gasteiger partial charge in [-0.15, -0.1) is 5.10 Å². The van der Waals surface area contributed by atoms with E-state index in [9.17, 15) is 15.0 Å². The van der Waals surface area contributed by atoms with Gasteiger partial charge in [0.15, 0.2) is 0 Å². The van der Waals surface area contributed by atoms with Crippen LogP contribution in [-0.4, -0.2) is 56.7 Å². The molecule has 0 radical (unpaired) electrons. The first kappa shape index (κ1) is 28.5. The minimum absolute atomic E-state index is 0.00921. The summed E-state index contributed by atoms with van der Waals surface area (Å²) in [5.74, 6) is 1.13. The Morgan fingerprint density at radius 3 is 2.36 bits per heavy atom. The Morgan fingerprint density at radius 1 is 1.08 bits per heavy atom. The predicted molar refractivity (Wildman–Crippen MR) is 149 cm³/mol. The van der Waals surface area contributed by atoms with Crippen LogP contribution in [0.1, 0.15) is 69.7 Å². The summed E-state index contributed by atoms with van der Waals surface area (Å²) >= 11 is 0. The zero-order valence-electron chi connectivity index (χ0n) is 23.6. The third-order valence-electron chi connectivity index (χ3n) is 7.22. The molecule has 1 fully saturated rings. The van der Waals surface area contributed by atoms with E-state index in [4.69, 9.17) is 9.47 Å². The fraction of sp³-hybridized carbons (Fsp3) is 0.452. The molecule has 2 heterocycles. The molecule has 0 saturated carbocycles. The quantitative estimate of drug-likeness (QED) is 0.398. The van der Waals surface area contributed by atoms with E-state index in [-0.39, 0.29) is 12.5 Å². The largest absolute Gasteiger partial charge is 0.444 e. The average molecular weight is 534 g/mol. The highest BCUT2D eigenvalue weighted by Gasteiger charge is 2.58. The number of aromatic nitrogens is 2. The molecule has 0 spiro atoms. The Balaban J connectivity index is 1.72. The van der Waals surface area contributed by atoms with E-state index in [1.54, 1.807) is 17.2 Å². The van der Waals surface area contributed by atoms with E-state index >= 15 is 0 Å². The molecule has 1 aliphatic heterocycles. The molecule has 4 rings (SSSR count). The fourth-order valence-corrected chi connectivity index (χ4v) is 5.09. The number of ether oxygens (including phenoxy) is 2. The molecule has 1 saturated heterocycles. The van der Waals surface area contributed by atoms with E-state index in [0.717, 1.165) is 11.1 Å². The van der Waals surface area contributed by atoms with Crippen LogP contribution in [0.25, 0.3) is 0 Å². The molecule has 3 aromatic rings. The molecule has 2 aromatic carbocycles. The van der Waals surface area contributed by atoms with Crippen molar-refractivity contribution in [2.75, 3.05) is 19.7 Å². The van der Waals surface area contributed by atoms with Crippen molar-refractivity contribution in [2.24, 2.45) is 5.41 Å². The molecule has 1 amide bonds. The van der Waals surface area contributed by atoms with Crippen LogP contribution in [0.3, 0.4) is 0 Å². The molecule has 1 aliphatic rings. The van der Waals surface area contributed by atoms with Crippen molar-refractivity contribution in [3.05, 3.63) is 83.0 Å². The van der Waals surface area contributed by atoms with Gasteiger partial charge in [0.2, 0.25) is 5.88 Å². The topological polar surface area (TPSA) is 105 Å². The van der Waals surface area contributed by atoms with E-state index in [1.165, 1.54) is 0 Å². The number of carbonyl (C=O) groups is 1. The Kier molecular flexibility index (Phi) is 8.00. The maximum Gasteiger partial charge on any atom is 0.410 e. The first-order valence-corrected chi connectivity index (χ1v) is 13.4. The second-order valence-corrected chi connectivity index (χ2v) is 11.9. The molecule has 8 heteroatoms. The molecule has 0 bridgehead atoms. The van der Waals surface area contributed by atoms with Crippen molar-refractivity contribution in [1.29, 1.82) is 0 Å². The van der Waals surface area contributed by atoms with Crippen LogP contribution >= 0.6 is 0 Å². The molecule has 1 aromatic heterocycles. The minimum atomic E-state index is -1.50. The van der Waals surface area contributed by atoms with Crippen molar-refractivity contribution in [1.82, 2.24) is 15.1 Å². The summed E-state index contributed by atoms with van der Waals surface area (Å²) in [7, 11) is 0. The number of likely N-dealkylation sites (tertiary alicyclic amines) is 1. The number of benzene rings is 2. The minimum Gasteiger partial charge on any atom is -0.444 e. The number of hydrogen-bond donors (Lipinski definition) is 2. The van der Waals surface area contributed by atoms with Gasteiger partial charge >= 0.3 is 6.09 Å². The zero-order chi connectivity index (χ0) is 28.4. The third-order valence-corrected chi connectivity index (χ3v) is 7.22. The second kappa shape index (κ2) is 10.9. The van der Waals surface area contributed by atoms with Gasteiger partial charge in [0.1, 0.15) is 17.0 Å². The van der Waals surface area contributed by atoms with Gasteiger partial charge in [0.05, 0.1) is 6.20 Å². The third kappa shape index (κ3) is 5.92. The number of hydrogen-bond acceptors (Lipinski definition) is 7. The highest BCUT2D eigenvalue weighted by atomic mass is 16.6. The Labute approximate surface area is 230 Å². The number of para-hydroxylation sites is 1. The summed E-state index contributed by atoms with van der Waals surface area (Å²) in [6, 6.07) is 17.0. The van der Waals surface area contributed by atoms with Gasteiger partial charge in [-0.3, -0.25) is 0 Å². The van der Waals surface area contributed by atoms with Crippen molar-refractivity contribution >= 4 is 6.09 Å². The number of rotatable bonds is 8. The van der Waals surface area contributed by atoms with Gasteiger partial charge in [0, 0.05) is 36.7 Å². The van der Waals surface area contributed by atoms with E-state index < -0.39 is 22.7 Å². The summed E-state index contributed by atoms with van der Waals surface area (Å²) in [6.07, 6.45) is 1.58. The number of aliphatic hydroxyl groups excluding tert-OH is 1. The van der Waals surface area contributed by atoms with Gasteiger partial charge in [-0.2, -0.15) is 5.10 Å². The van der Waals surface area contributed by atoms with Crippen LogP contribution in [0.5, 0.6) is 11.6 Å². The first-order valence-electron chi connectivity index (χ1n) is 13.4. The number of aliphatic hydroxyl groups is 2. The maximum atomic E-state index is 12.8. The number of amides is 1. The summed E-state index contributed by atoms with van der Waals surface area (Å²) in [6.45, 7) is 12.3. The molecular formula is C31H39N3O5. The second-order valence-electron chi connectivity index (χ2n) is 11.9. The average Bonchev–Trinajstić information content (AvgIpc) is 2.86. The summed E-state index contributed by atoms with van der Waals surface area (Å²) in [4.78, 5) is 14.4. The smallest absolute Gasteiger partial charge is 0.410 e. The lowest BCUT2D eigenvalue weighted by atomic mass is 9.62. The standard InChI is InChI=1S/C31H39N3O5/c1-21(2)22-11-13-24(14-12-22)31(37,30(6)19-34(20-30)28(36)39-29(3,4)5)25-17-27(33-32-18-25)38-26-10-8-7-9-23(26)15-16-35/h7-14,17-18,21,35,37H,15-16,19-20H2,1-6H3/t31-/m0/s1. The first-order chi connectivity index (χ1) is 18.4. The molecule has 208 valence electrons. The highest BCUT2D eigenvalue weighted by molar-refractivity contribution is 5.70. The lowest BCUT2D eigenvalue weighted by molar-refractivity contribution is -0.131. The lowest BCUT2D eigenvalue weighted by Crippen LogP contribution is -2.66. The Morgan fingerprint density at radius 2 is 1.74 bits per heavy atom. The molecule has 39 heavy (non-hydrogen) atoms. The van der Waals surface area contributed by atoms with Crippen LogP contribution < -0.4 is 4.74 Å². The van der Waals surface area contributed by atoms with Gasteiger partial charge in [-0.05, 0) is 55.9 Å². The van der Waals surface area contributed by atoms with E-state index in [0.29, 0.717) is 42.3 Å². The molecule has 8 nitrogen and oxygen atoms in total. The van der Waals surface area contributed by atoms with Crippen molar-refractivity contribution < 1.29 is 24.5 Å². The molecule has 1 atom stereocenters. The Bertz CT molecular complexity index is 1300. The van der Waals surface area contributed by atoms with Crippen LogP contribution in [0.2, 0.25) is 0 Å². The van der Waals surface area contributed by atoms with E-state index in [2.05, 4.69) is 24.0 Å². The number of carbonyl (C=O) groups excluding carboxylic acids is 1. The molecule has 0 aliphatic carbocycles. The van der Waals surface area contributed by atoms with Crippen molar-refractivity contribution in [2.45, 2.75) is 65.1 Å². The Hall–Kier alpha value is -3.49. The van der Waals surface area contributed by atoms with Gasteiger partial charge in [-0.1, -0.05) is 63.2 Å². The van der Waals surface area contributed by atoms with Crippen molar-refractivity contribution in [3.63, 3.8) is 0 Å². The van der Waals surface area contributed by atoms with Crippen LogP contribution in [0.4, 0.5) is 4.79 Å². The monoisotopic (exact) mass is 533 g/mol. The molecule has 2 N–H and O–H groups in total.